The van der Waals surface area contributed by atoms with E-state index >= 15 is 0 Å². The molecule has 1 saturated heterocycles. The van der Waals surface area contributed by atoms with Crippen LogP contribution in [0.15, 0.2) is 18.2 Å². The number of imidazole rings is 1. The summed E-state index contributed by atoms with van der Waals surface area (Å²) in [5, 5.41) is 12.9. The van der Waals surface area contributed by atoms with Crippen molar-refractivity contribution in [2.75, 3.05) is 25.5 Å². The molecule has 5 heteroatoms. The SMILES string of the molecule is CCn1c(NC2CCN(C)CC2)nc2ccc(CO)cc21. The number of fused-ring (bicyclic) bond motifs is 1. The first-order valence-corrected chi connectivity index (χ1v) is 7.76. The molecule has 1 aromatic carbocycles. The zero-order valence-corrected chi connectivity index (χ0v) is 12.8. The minimum absolute atomic E-state index is 0.0720. The number of aryl methyl sites for hydroxylation is 1. The number of nitrogens with one attached hydrogen (secondary N) is 1. The summed E-state index contributed by atoms with van der Waals surface area (Å²) in [5.41, 5.74) is 3.02. The second-order valence-corrected chi connectivity index (χ2v) is 5.88. The third-order valence-corrected chi connectivity index (χ3v) is 4.36. The van der Waals surface area contributed by atoms with Crippen molar-refractivity contribution in [1.29, 1.82) is 0 Å². The van der Waals surface area contributed by atoms with Crippen molar-refractivity contribution in [1.82, 2.24) is 14.5 Å². The first kappa shape index (κ1) is 14.4. The van der Waals surface area contributed by atoms with Gasteiger partial charge in [0.05, 0.1) is 17.6 Å². The predicted octanol–water partition coefficient (Wildman–Crippen LogP) is 2.05. The van der Waals surface area contributed by atoms with Gasteiger partial charge < -0.3 is 19.9 Å². The number of aliphatic hydroxyl groups excluding tert-OH is 1. The first-order valence-electron chi connectivity index (χ1n) is 7.76. The molecule has 1 fully saturated rings. The lowest BCUT2D eigenvalue weighted by Gasteiger charge is -2.29. The smallest absolute Gasteiger partial charge is 0.204 e. The number of rotatable bonds is 4. The second kappa shape index (κ2) is 6.03. The van der Waals surface area contributed by atoms with E-state index in [4.69, 9.17) is 4.98 Å². The molecule has 2 N–H and O–H groups in total. The number of benzene rings is 1. The summed E-state index contributed by atoms with van der Waals surface area (Å²) >= 11 is 0. The zero-order valence-electron chi connectivity index (χ0n) is 12.8. The van der Waals surface area contributed by atoms with E-state index in [1.165, 1.54) is 0 Å². The van der Waals surface area contributed by atoms with Gasteiger partial charge in [0.1, 0.15) is 0 Å². The summed E-state index contributed by atoms with van der Waals surface area (Å²) in [7, 11) is 2.17. The molecule has 0 aliphatic carbocycles. The van der Waals surface area contributed by atoms with Crippen LogP contribution in [0.3, 0.4) is 0 Å². The van der Waals surface area contributed by atoms with Crippen molar-refractivity contribution < 1.29 is 5.11 Å². The van der Waals surface area contributed by atoms with Crippen LogP contribution in [0, 0.1) is 0 Å². The third-order valence-electron chi connectivity index (χ3n) is 4.36. The number of piperidine rings is 1. The number of nitrogens with zero attached hydrogens (tertiary/aromatic N) is 3. The number of aliphatic hydroxyl groups is 1. The van der Waals surface area contributed by atoms with Gasteiger partial charge in [-0.2, -0.15) is 0 Å². The Labute approximate surface area is 125 Å². The fourth-order valence-electron chi connectivity index (χ4n) is 3.03. The van der Waals surface area contributed by atoms with Crippen LogP contribution in [0.1, 0.15) is 25.3 Å². The van der Waals surface area contributed by atoms with Crippen molar-refractivity contribution in [3.05, 3.63) is 23.8 Å². The van der Waals surface area contributed by atoms with Crippen LogP contribution in [0.5, 0.6) is 0 Å². The highest BCUT2D eigenvalue weighted by atomic mass is 16.3. The highest BCUT2D eigenvalue weighted by Gasteiger charge is 2.19. The topological polar surface area (TPSA) is 53.3 Å². The summed E-state index contributed by atoms with van der Waals surface area (Å²) in [6, 6.07) is 6.47. The van der Waals surface area contributed by atoms with E-state index in [0.29, 0.717) is 6.04 Å². The maximum atomic E-state index is 9.30. The van der Waals surface area contributed by atoms with E-state index in [1.807, 2.05) is 18.2 Å². The standard InChI is InChI=1S/C16H24N4O/c1-3-20-15-10-12(11-21)4-5-14(15)18-16(20)17-13-6-8-19(2)9-7-13/h4-5,10,13,21H,3,6-9,11H2,1-2H3,(H,17,18). The summed E-state index contributed by atoms with van der Waals surface area (Å²) < 4.78 is 2.20. The van der Waals surface area contributed by atoms with Crippen molar-refractivity contribution >= 4 is 17.0 Å². The first-order chi connectivity index (χ1) is 10.2. The minimum Gasteiger partial charge on any atom is -0.392 e. The Morgan fingerprint density at radius 3 is 2.76 bits per heavy atom. The quantitative estimate of drug-likeness (QED) is 0.904. The lowest BCUT2D eigenvalue weighted by Crippen LogP contribution is -2.37. The maximum absolute atomic E-state index is 9.30. The molecule has 0 radical (unpaired) electrons. The Morgan fingerprint density at radius 2 is 2.10 bits per heavy atom. The van der Waals surface area contributed by atoms with Gasteiger partial charge >= 0.3 is 0 Å². The molecule has 0 amide bonds. The molecule has 0 spiro atoms. The van der Waals surface area contributed by atoms with Gasteiger partial charge in [-0.25, -0.2) is 4.98 Å². The van der Waals surface area contributed by atoms with Gasteiger partial charge in [-0.3, -0.25) is 0 Å². The van der Waals surface area contributed by atoms with E-state index < -0.39 is 0 Å². The third kappa shape index (κ3) is 2.89. The molecular weight excluding hydrogens is 264 g/mol. The largest absolute Gasteiger partial charge is 0.392 e. The van der Waals surface area contributed by atoms with Gasteiger partial charge in [0.25, 0.3) is 0 Å². The molecule has 0 saturated carbocycles. The average molecular weight is 288 g/mol. The molecule has 1 aromatic heterocycles. The summed E-state index contributed by atoms with van der Waals surface area (Å²) in [6.07, 6.45) is 2.32. The molecule has 114 valence electrons. The molecule has 3 rings (SSSR count). The van der Waals surface area contributed by atoms with E-state index in [2.05, 4.69) is 28.8 Å². The van der Waals surface area contributed by atoms with E-state index in [-0.39, 0.29) is 6.61 Å². The normalized spacial score (nSPS) is 17.5. The van der Waals surface area contributed by atoms with Gasteiger partial charge in [0, 0.05) is 12.6 Å². The molecular formula is C16H24N4O. The van der Waals surface area contributed by atoms with Crippen molar-refractivity contribution in [2.45, 2.75) is 39.0 Å². The van der Waals surface area contributed by atoms with Crippen LogP contribution >= 0.6 is 0 Å². The second-order valence-electron chi connectivity index (χ2n) is 5.88. The van der Waals surface area contributed by atoms with Crippen LogP contribution in [-0.4, -0.2) is 45.7 Å². The Kier molecular flexibility index (Phi) is 4.12. The Hall–Kier alpha value is -1.59. The average Bonchev–Trinajstić information content (AvgIpc) is 2.85. The number of hydrogen-bond acceptors (Lipinski definition) is 4. The summed E-state index contributed by atoms with van der Waals surface area (Å²) in [4.78, 5) is 7.10. The predicted molar refractivity (Wildman–Crippen MR) is 85.5 cm³/mol. The molecule has 1 aliphatic rings. The van der Waals surface area contributed by atoms with Gasteiger partial charge in [-0.15, -0.1) is 0 Å². The highest BCUT2D eigenvalue weighted by molar-refractivity contribution is 5.79. The number of aromatic nitrogens is 2. The van der Waals surface area contributed by atoms with Crippen molar-refractivity contribution in [2.24, 2.45) is 0 Å². The number of likely N-dealkylation sites (tertiary alicyclic amines) is 1. The van der Waals surface area contributed by atoms with Crippen LogP contribution in [-0.2, 0) is 13.2 Å². The zero-order chi connectivity index (χ0) is 14.8. The fraction of sp³-hybridized carbons (Fsp3) is 0.562. The highest BCUT2D eigenvalue weighted by Crippen LogP contribution is 2.23. The van der Waals surface area contributed by atoms with Crippen LogP contribution in [0.25, 0.3) is 11.0 Å². The molecule has 21 heavy (non-hydrogen) atoms. The molecule has 0 bridgehead atoms. The van der Waals surface area contributed by atoms with E-state index in [9.17, 15) is 5.11 Å². The molecule has 2 aromatic rings. The van der Waals surface area contributed by atoms with Gasteiger partial charge in [0.15, 0.2) is 0 Å². The molecule has 5 nitrogen and oxygen atoms in total. The van der Waals surface area contributed by atoms with Crippen LogP contribution in [0.2, 0.25) is 0 Å². The fourth-order valence-corrected chi connectivity index (χ4v) is 3.03. The molecule has 0 unspecified atom stereocenters. The molecule has 0 atom stereocenters. The van der Waals surface area contributed by atoms with Crippen molar-refractivity contribution in [3.8, 4) is 0 Å². The van der Waals surface area contributed by atoms with Gasteiger partial charge in [-0.1, -0.05) is 6.07 Å². The monoisotopic (exact) mass is 288 g/mol. The lowest BCUT2D eigenvalue weighted by molar-refractivity contribution is 0.263. The number of anilines is 1. The lowest BCUT2D eigenvalue weighted by atomic mass is 10.1. The minimum atomic E-state index is 0.0720. The summed E-state index contributed by atoms with van der Waals surface area (Å²) in [6.45, 7) is 5.35. The van der Waals surface area contributed by atoms with E-state index in [1.54, 1.807) is 0 Å². The van der Waals surface area contributed by atoms with Gasteiger partial charge in [0.2, 0.25) is 5.95 Å². The Morgan fingerprint density at radius 1 is 1.33 bits per heavy atom. The Bertz CT molecular complexity index is 614. The molecule has 2 heterocycles. The van der Waals surface area contributed by atoms with Crippen molar-refractivity contribution in [3.63, 3.8) is 0 Å². The summed E-state index contributed by atoms with van der Waals surface area (Å²) in [5.74, 6) is 0.956. The number of hydrogen-bond donors (Lipinski definition) is 2. The van der Waals surface area contributed by atoms with Crippen LogP contribution in [0.4, 0.5) is 5.95 Å². The van der Waals surface area contributed by atoms with Gasteiger partial charge in [-0.05, 0) is 57.6 Å². The van der Waals surface area contributed by atoms with E-state index in [0.717, 1.165) is 55.0 Å². The van der Waals surface area contributed by atoms with Crippen LogP contribution < -0.4 is 5.32 Å². The molecule has 1 aliphatic heterocycles. The maximum Gasteiger partial charge on any atom is 0.204 e. The Balaban J connectivity index is 1.87.